The van der Waals surface area contributed by atoms with E-state index in [0.717, 1.165) is 38.2 Å². The standard InChI is InChI=1S/C14H18BrClN2O/c1-2-3-13(18-6-4-17-5-7-18)11-8-10(16)9-12(15)14(11)19/h2,8-9,13,17,19H,1,3-7H2/t13-/m0/s1. The predicted octanol–water partition coefficient (Wildman–Crippen LogP) is 3.33. The van der Waals surface area contributed by atoms with Crippen LogP contribution in [0, 0.1) is 0 Å². The molecule has 1 aromatic rings. The first-order valence-corrected chi connectivity index (χ1v) is 7.54. The zero-order valence-electron chi connectivity index (χ0n) is 10.7. The van der Waals surface area contributed by atoms with Crippen LogP contribution < -0.4 is 5.32 Å². The maximum atomic E-state index is 10.3. The Bertz CT molecular complexity index is 461. The number of hydrogen-bond acceptors (Lipinski definition) is 3. The van der Waals surface area contributed by atoms with Crippen molar-refractivity contribution < 1.29 is 5.11 Å². The molecule has 5 heteroatoms. The van der Waals surface area contributed by atoms with Crippen molar-refractivity contribution in [3.05, 3.63) is 39.8 Å². The number of phenols is 1. The van der Waals surface area contributed by atoms with Gasteiger partial charge in [-0.25, -0.2) is 0 Å². The summed E-state index contributed by atoms with van der Waals surface area (Å²) in [5.74, 6) is 0.273. The number of aromatic hydroxyl groups is 1. The Morgan fingerprint density at radius 1 is 1.47 bits per heavy atom. The highest BCUT2D eigenvalue weighted by Crippen LogP contribution is 2.38. The molecule has 0 amide bonds. The highest BCUT2D eigenvalue weighted by atomic mass is 79.9. The SMILES string of the molecule is C=CC[C@@H](c1cc(Cl)cc(Br)c1O)N1CCNCC1. The van der Waals surface area contributed by atoms with Crippen molar-refractivity contribution in [2.75, 3.05) is 26.2 Å². The fourth-order valence-electron chi connectivity index (χ4n) is 2.46. The molecule has 1 aliphatic heterocycles. The maximum absolute atomic E-state index is 10.3. The van der Waals surface area contributed by atoms with Crippen molar-refractivity contribution >= 4 is 27.5 Å². The highest BCUT2D eigenvalue weighted by molar-refractivity contribution is 9.10. The summed E-state index contributed by atoms with van der Waals surface area (Å²) in [6.45, 7) is 7.68. The molecular weight excluding hydrogens is 328 g/mol. The predicted molar refractivity (Wildman–Crippen MR) is 82.8 cm³/mol. The Hall–Kier alpha value is -0.550. The van der Waals surface area contributed by atoms with Gasteiger partial charge in [0.05, 0.1) is 4.47 Å². The summed E-state index contributed by atoms with van der Waals surface area (Å²) in [4.78, 5) is 2.36. The first-order chi connectivity index (χ1) is 9.13. The number of benzene rings is 1. The minimum Gasteiger partial charge on any atom is -0.506 e. The minimum absolute atomic E-state index is 0.120. The molecule has 19 heavy (non-hydrogen) atoms. The number of rotatable bonds is 4. The third kappa shape index (κ3) is 3.51. The van der Waals surface area contributed by atoms with Gasteiger partial charge >= 0.3 is 0 Å². The quantitative estimate of drug-likeness (QED) is 0.822. The molecule has 0 spiro atoms. The molecule has 0 unspecified atom stereocenters. The van der Waals surface area contributed by atoms with Crippen LogP contribution in [0.5, 0.6) is 5.75 Å². The smallest absolute Gasteiger partial charge is 0.134 e. The van der Waals surface area contributed by atoms with Gasteiger partial charge in [0, 0.05) is 42.8 Å². The Balaban J connectivity index is 2.34. The van der Waals surface area contributed by atoms with Gasteiger partial charge in [-0.15, -0.1) is 6.58 Å². The molecule has 0 bridgehead atoms. The van der Waals surface area contributed by atoms with Gasteiger partial charge in [0.2, 0.25) is 0 Å². The van der Waals surface area contributed by atoms with Gasteiger partial charge in [0.25, 0.3) is 0 Å². The fraction of sp³-hybridized carbons (Fsp3) is 0.429. The molecule has 2 rings (SSSR count). The van der Waals surface area contributed by atoms with E-state index in [1.807, 2.05) is 12.1 Å². The summed E-state index contributed by atoms with van der Waals surface area (Å²) in [7, 11) is 0. The van der Waals surface area contributed by atoms with Crippen molar-refractivity contribution in [2.45, 2.75) is 12.5 Å². The largest absolute Gasteiger partial charge is 0.506 e. The van der Waals surface area contributed by atoms with Crippen LogP contribution >= 0.6 is 27.5 Å². The number of nitrogens with one attached hydrogen (secondary N) is 1. The van der Waals surface area contributed by atoms with Gasteiger partial charge in [0.15, 0.2) is 0 Å². The van der Waals surface area contributed by atoms with E-state index in [-0.39, 0.29) is 11.8 Å². The van der Waals surface area contributed by atoms with Gasteiger partial charge in [-0.2, -0.15) is 0 Å². The van der Waals surface area contributed by atoms with E-state index >= 15 is 0 Å². The molecule has 0 aromatic heterocycles. The fourth-order valence-corrected chi connectivity index (χ4v) is 3.30. The molecule has 0 aliphatic carbocycles. The van der Waals surface area contributed by atoms with Crippen LogP contribution in [-0.2, 0) is 0 Å². The number of piperazine rings is 1. The third-order valence-corrected chi connectivity index (χ3v) is 4.22. The zero-order chi connectivity index (χ0) is 13.8. The van der Waals surface area contributed by atoms with Crippen LogP contribution in [0.15, 0.2) is 29.3 Å². The Morgan fingerprint density at radius 2 is 2.16 bits per heavy atom. The summed E-state index contributed by atoms with van der Waals surface area (Å²) < 4.78 is 0.638. The van der Waals surface area contributed by atoms with E-state index in [0.29, 0.717) is 9.50 Å². The lowest BCUT2D eigenvalue weighted by Gasteiger charge is -2.35. The van der Waals surface area contributed by atoms with E-state index in [4.69, 9.17) is 11.6 Å². The zero-order valence-corrected chi connectivity index (χ0v) is 13.0. The molecule has 104 valence electrons. The molecule has 1 aromatic carbocycles. The van der Waals surface area contributed by atoms with Crippen LogP contribution in [0.4, 0.5) is 0 Å². The normalized spacial score (nSPS) is 18.2. The molecule has 0 saturated carbocycles. The van der Waals surface area contributed by atoms with E-state index in [2.05, 4.69) is 32.7 Å². The highest BCUT2D eigenvalue weighted by Gasteiger charge is 2.24. The Morgan fingerprint density at radius 3 is 2.79 bits per heavy atom. The van der Waals surface area contributed by atoms with E-state index in [1.54, 1.807) is 6.07 Å². The second-order valence-corrected chi connectivity index (χ2v) is 5.94. The first-order valence-electron chi connectivity index (χ1n) is 6.37. The number of nitrogens with zero attached hydrogens (tertiary/aromatic N) is 1. The van der Waals surface area contributed by atoms with Gasteiger partial charge in [-0.3, -0.25) is 4.90 Å². The molecule has 1 heterocycles. The molecule has 1 fully saturated rings. The number of hydrogen-bond donors (Lipinski definition) is 2. The van der Waals surface area contributed by atoms with Crippen LogP contribution in [0.3, 0.4) is 0 Å². The minimum atomic E-state index is 0.120. The summed E-state index contributed by atoms with van der Waals surface area (Å²) in [6.07, 6.45) is 2.68. The van der Waals surface area contributed by atoms with Crippen LogP contribution in [-0.4, -0.2) is 36.2 Å². The van der Waals surface area contributed by atoms with Crippen LogP contribution in [0.1, 0.15) is 18.0 Å². The molecule has 1 aliphatic rings. The lowest BCUT2D eigenvalue weighted by Crippen LogP contribution is -2.45. The second-order valence-electron chi connectivity index (χ2n) is 4.65. The molecule has 3 nitrogen and oxygen atoms in total. The molecular formula is C14H18BrClN2O. The van der Waals surface area contributed by atoms with E-state index in [9.17, 15) is 5.11 Å². The summed E-state index contributed by atoms with van der Waals surface area (Å²) in [6, 6.07) is 3.68. The van der Waals surface area contributed by atoms with Crippen molar-refractivity contribution in [3.8, 4) is 5.75 Å². The van der Waals surface area contributed by atoms with Crippen molar-refractivity contribution in [2.24, 2.45) is 0 Å². The second kappa shape index (κ2) is 6.75. The maximum Gasteiger partial charge on any atom is 0.134 e. The summed E-state index contributed by atoms with van der Waals surface area (Å²) >= 11 is 9.46. The number of halogens is 2. The average Bonchev–Trinajstić information content (AvgIpc) is 2.41. The van der Waals surface area contributed by atoms with Crippen molar-refractivity contribution in [3.63, 3.8) is 0 Å². The lowest BCUT2D eigenvalue weighted by molar-refractivity contribution is 0.172. The topological polar surface area (TPSA) is 35.5 Å². The molecule has 1 saturated heterocycles. The monoisotopic (exact) mass is 344 g/mol. The summed E-state index contributed by atoms with van der Waals surface area (Å²) in [5, 5.41) is 14.2. The summed E-state index contributed by atoms with van der Waals surface area (Å²) in [5.41, 5.74) is 0.862. The Labute approximate surface area is 127 Å². The first kappa shape index (κ1) is 14.9. The molecule has 1 atom stereocenters. The van der Waals surface area contributed by atoms with Crippen LogP contribution in [0.2, 0.25) is 5.02 Å². The van der Waals surface area contributed by atoms with Gasteiger partial charge < -0.3 is 10.4 Å². The third-order valence-electron chi connectivity index (χ3n) is 3.40. The van der Waals surface area contributed by atoms with E-state index < -0.39 is 0 Å². The lowest BCUT2D eigenvalue weighted by atomic mass is 10.00. The average molecular weight is 346 g/mol. The number of phenolic OH excluding ortho intramolecular Hbond substituents is 1. The van der Waals surface area contributed by atoms with Gasteiger partial charge in [-0.05, 0) is 34.5 Å². The Kier molecular flexibility index (Phi) is 5.28. The van der Waals surface area contributed by atoms with Crippen LogP contribution in [0.25, 0.3) is 0 Å². The molecule has 0 radical (unpaired) electrons. The van der Waals surface area contributed by atoms with Crippen molar-refractivity contribution in [1.82, 2.24) is 10.2 Å². The molecule has 2 N–H and O–H groups in total. The van der Waals surface area contributed by atoms with E-state index in [1.165, 1.54) is 0 Å². The van der Waals surface area contributed by atoms with Gasteiger partial charge in [0.1, 0.15) is 5.75 Å². The van der Waals surface area contributed by atoms with Crippen molar-refractivity contribution in [1.29, 1.82) is 0 Å². The van der Waals surface area contributed by atoms with Gasteiger partial charge in [-0.1, -0.05) is 17.7 Å².